The number of hydrogen-bond acceptors (Lipinski definition) is 1. The SMILES string of the molecule is Cc1ccc(P2(=O)CC=CC2C)cc1. The largest absolute Gasteiger partial charge is 0.318 e. The number of rotatable bonds is 1. The second kappa shape index (κ2) is 3.40. The van der Waals surface area contributed by atoms with Crippen molar-refractivity contribution in [3.63, 3.8) is 0 Å². The van der Waals surface area contributed by atoms with Gasteiger partial charge in [-0.3, -0.25) is 0 Å². The molecule has 0 saturated carbocycles. The quantitative estimate of drug-likeness (QED) is 0.510. The highest BCUT2D eigenvalue weighted by atomic mass is 31.2. The minimum Gasteiger partial charge on any atom is -0.318 e. The standard InChI is InChI=1S/C12H15OP/c1-10-5-7-12(8-6-10)14(13)9-3-4-11(14)2/h3-8,11H,9H2,1-2H3. The van der Waals surface area contributed by atoms with Crippen molar-refractivity contribution in [2.75, 3.05) is 6.16 Å². The molecule has 0 saturated heterocycles. The van der Waals surface area contributed by atoms with Gasteiger partial charge in [0.05, 0.1) is 0 Å². The average molecular weight is 206 g/mol. The Bertz CT molecular complexity index is 403. The number of allylic oxidation sites excluding steroid dienone is 2. The normalized spacial score (nSPS) is 30.9. The van der Waals surface area contributed by atoms with Crippen LogP contribution in [0.2, 0.25) is 0 Å². The lowest BCUT2D eigenvalue weighted by atomic mass is 10.2. The number of hydrogen-bond donors (Lipinski definition) is 0. The van der Waals surface area contributed by atoms with Crippen LogP contribution in [0.4, 0.5) is 0 Å². The van der Waals surface area contributed by atoms with Crippen LogP contribution in [0.15, 0.2) is 36.4 Å². The fourth-order valence-corrected chi connectivity index (χ4v) is 4.36. The maximum Gasteiger partial charge on any atom is 0.125 e. The molecule has 0 aliphatic carbocycles. The first-order chi connectivity index (χ1) is 6.63. The third-order valence-corrected chi connectivity index (χ3v) is 6.33. The van der Waals surface area contributed by atoms with Gasteiger partial charge in [0.25, 0.3) is 0 Å². The molecular formula is C12H15OP. The second-order valence-corrected chi connectivity index (χ2v) is 7.27. The molecule has 74 valence electrons. The highest BCUT2D eigenvalue weighted by molar-refractivity contribution is 7.72. The Labute approximate surface area is 85.2 Å². The molecule has 1 aliphatic heterocycles. The average Bonchev–Trinajstić information content (AvgIpc) is 2.49. The topological polar surface area (TPSA) is 17.1 Å². The molecular weight excluding hydrogens is 191 g/mol. The van der Waals surface area contributed by atoms with Crippen LogP contribution < -0.4 is 5.30 Å². The van der Waals surface area contributed by atoms with Crippen LogP contribution in [-0.2, 0) is 4.57 Å². The molecule has 1 aromatic rings. The van der Waals surface area contributed by atoms with Gasteiger partial charge in [-0.2, -0.15) is 0 Å². The van der Waals surface area contributed by atoms with Crippen molar-refractivity contribution in [1.82, 2.24) is 0 Å². The molecule has 2 atom stereocenters. The summed E-state index contributed by atoms with van der Waals surface area (Å²) in [6, 6.07) is 8.11. The summed E-state index contributed by atoms with van der Waals surface area (Å²) in [7, 11) is -2.14. The molecule has 0 N–H and O–H groups in total. The zero-order valence-electron chi connectivity index (χ0n) is 8.60. The van der Waals surface area contributed by atoms with Gasteiger partial charge in [-0.05, 0) is 6.92 Å². The molecule has 2 unspecified atom stereocenters. The minimum atomic E-state index is -2.14. The van der Waals surface area contributed by atoms with Crippen molar-refractivity contribution in [2.24, 2.45) is 0 Å². The molecule has 0 amide bonds. The molecule has 1 aliphatic rings. The van der Waals surface area contributed by atoms with Crippen molar-refractivity contribution in [2.45, 2.75) is 19.5 Å². The van der Waals surface area contributed by atoms with E-state index in [4.69, 9.17) is 0 Å². The van der Waals surface area contributed by atoms with Gasteiger partial charge in [-0.1, -0.05) is 48.9 Å². The summed E-state index contributed by atoms with van der Waals surface area (Å²) in [4.78, 5) is 0. The van der Waals surface area contributed by atoms with Crippen molar-refractivity contribution >= 4 is 12.4 Å². The van der Waals surface area contributed by atoms with Gasteiger partial charge in [0.15, 0.2) is 0 Å². The van der Waals surface area contributed by atoms with E-state index in [1.165, 1.54) is 5.56 Å². The maximum absolute atomic E-state index is 12.6. The lowest BCUT2D eigenvalue weighted by Crippen LogP contribution is -2.11. The summed E-state index contributed by atoms with van der Waals surface area (Å²) in [5, 5.41) is 1.03. The van der Waals surface area contributed by atoms with Crippen molar-refractivity contribution < 1.29 is 4.57 Å². The van der Waals surface area contributed by atoms with Gasteiger partial charge >= 0.3 is 0 Å². The Morgan fingerprint density at radius 3 is 2.43 bits per heavy atom. The third kappa shape index (κ3) is 1.46. The lowest BCUT2D eigenvalue weighted by molar-refractivity contribution is 0.581. The minimum absolute atomic E-state index is 0.213. The molecule has 2 heteroatoms. The van der Waals surface area contributed by atoms with E-state index in [1.807, 2.05) is 37.3 Å². The van der Waals surface area contributed by atoms with Crippen LogP contribution in [0.25, 0.3) is 0 Å². The van der Waals surface area contributed by atoms with Gasteiger partial charge < -0.3 is 4.57 Å². The molecule has 0 spiro atoms. The van der Waals surface area contributed by atoms with Gasteiger partial charge in [-0.25, -0.2) is 0 Å². The summed E-state index contributed by atoms with van der Waals surface area (Å²) >= 11 is 0. The molecule has 2 rings (SSSR count). The molecule has 1 heterocycles. The van der Waals surface area contributed by atoms with E-state index in [-0.39, 0.29) is 5.66 Å². The van der Waals surface area contributed by atoms with E-state index in [0.29, 0.717) is 0 Å². The Balaban J connectivity index is 2.40. The van der Waals surface area contributed by atoms with Crippen LogP contribution >= 0.6 is 7.14 Å². The Morgan fingerprint density at radius 1 is 1.29 bits per heavy atom. The Morgan fingerprint density at radius 2 is 1.93 bits per heavy atom. The first-order valence-corrected chi connectivity index (χ1v) is 6.92. The molecule has 0 fully saturated rings. The summed E-state index contributed by atoms with van der Waals surface area (Å²) < 4.78 is 12.6. The van der Waals surface area contributed by atoms with E-state index in [0.717, 1.165) is 11.5 Å². The highest BCUT2D eigenvalue weighted by Crippen LogP contribution is 2.53. The van der Waals surface area contributed by atoms with Crippen molar-refractivity contribution in [3.05, 3.63) is 42.0 Å². The Kier molecular flexibility index (Phi) is 2.36. The van der Waals surface area contributed by atoms with E-state index in [2.05, 4.69) is 13.0 Å². The van der Waals surface area contributed by atoms with E-state index in [1.54, 1.807) is 0 Å². The van der Waals surface area contributed by atoms with Crippen LogP contribution in [0.5, 0.6) is 0 Å². The highest BCUT2D eigenvalue weighted by Gasteiger charge is 2.32. The summed E-state index contributed by atoms with van der Waals surface area (Å²) in [5.74, 6) is 0. The monoisotopic (exact) mass is 206 g/mol. The van der Waals surface area contributed by atoms with Gasteiger partial charge in [0.1, 0.15) is 7.14 Å². The van der Waals surface area contributed by atoms with E-state index >= 15 is 0 Å². The van der Waals surface area contributed by atoms with E-state index < -0.39 is 7.14 Å². The maximum atomic E-state index is 12.6. The molecule has 1 nitrogen and oxygen atoms in total. The molecule has 0 radical (unpaired) electrons. The van der Waals surface area contributed by atoms with Crippen molar-refractivity contribution in [1.29, 1.82) is 0 Å². The fraction of sp³-hybridized carbons (Fsp3) is 0.333. The van der Waals surface area contributed by atoms with Gasteiger partial charge in [-0.15, -0.1) is 0 Å². The molecule has 0 aromatic heterocycles. The zero-order valence-corrected chi connectivity index (χ0v) is 9.50. The van der Waals surface area contributed by atoms with Crippen LogP contribution in [0.3, 0.4) is 0 Å². The summed E-state index contributed by atoms with van der Waals surface area (Å²) in [5.41, 5.74) is 1.44. The first-order valence-electron chi connectivity index (χ1n) is 4.95. The summed E-state index contributed by atoms with van der Waals surface area (Å²) in [6.07, 6.45) is 4.85. The van der Waals surface area contributed by atoms with Gasteiger partial charge in [0, 0.05) is 17.1 Å². The molecule has 1 aromatic carbocycles. The zero-order chi connectivity index (χ0) is 10.2. The van der Waals surface area contributed by atoms with Crippen molar-refractivity contribution in [3.8, 4) is 0 Å². The third-order valence-electron chi connectivity index (χ3n) is 2.92. The second-order valence-electron chi connectivity index (χ2n) is 3.98. The molecule has 14 heavy (non-hydrogen) atoms. The van der Waals surface area contributed by atoms with Crippen LogP contribution in [-0.4, -0.2) is 11.8 Å². The first kappa shape index (κ1) is 9.73. The van der Waals surface area contributed by atoms with E-state index in [9.17, 15) is 4.57 Å². The van der Waals surface area contributed by atoms with Crippen LogP contribution in [0.1, 0.15) is 12.5 Å². The van der Waals surface area contributed by atoms with Crippen LogP contribution in [0, 0.1) is 6.92 Å². The molecule has 0 bridgehead atoms. The Hall–Kier alpha value is -0.810. The fourth-order valence-electron chi connectivity index (χ4n) is 1.86. The predicted octanol–water partition coefficient (Wildman–Crippen LogP) is 2.94. The lowest BCUT2D eigenvalue weighted by Gasteiger charge is -2.17. The predicted molar refractivity (Wildman–Crippen MR) is 61.9 cm³/mol. The van der Waals surface area contributed by atoms with Gasteiger partial charge in [0.2, 0.25) is 0 Å². The number of benzene rings is 1. The smallest absolute Gasteiger partial charge is 0.125 e. The number of aryl methyl sites for hydroxylation is 1. The summed E-state index contributed by atoms with van der Waals surface area (Å²) in [6.45, 7) is 4.10.